The zero-order chi connectivity index (χ0) is 13.8. The van der Waals surface area contributed by atoms with Crippen LogP contribution in [-0.2, 0) is 13.1 Å². The molecule has 19 heavy (non-hydrogen) atoms. The smallest absolute Gasteiger partial charge is 0.123 e. The molecule has 0 saturated heterocycles. The minimum absolute atomic E-state index is 0.781. The van der Waals surface area contributed by atoms with Crippen LogP contribution in [0.2, 0.25) is 0 Å². The van der Waals surface area contributed by atoms with E-state index in [1.54, 1.807) is 7.11 Å². The Morgan fingerprint density at radius 2 is 2.00 bits per heavy atom. The molecule has 3 nitrogen and oxygen atoms in total. The molecule has 0 atom stereocenters. The molecule has 1 aromatic heterocycles. The second-order valence-electron chi connectivity index (χ2n) is 4.64. The molecular formula is C15H18BrNO2. The largest absolute Gasteiger partial charge is 0.496 e. The summed E-state index contributed by atoms with van der Waals surface area (Å²) in [6.45, 7) is 3.55. The minimum Gasteiger partial charge on any atom is -0.496 e. The molecule has 0 N–H and O–H groups in total. The number of methoxy groups -OCH3 is 1. The van der Waals surface area contributed by atoms with Gasteiger partial charge < -0.3 is 9.15 Å². The van der Waals surface area contributed by atoms with Crippen LogP contribution in [0.25, 0.3) is 0 Å². The third-order valence-electron chi connectivity index (χ3n) is 2.90. The van der Waals surface area contributed by atoms with E-state index >= 15 is 0 Å². The van der Waals surface area contributed by atoms with Crippen molar-refractivity contribution in [3.63, 3.8) is 0 Å². The molecule has 0 spiro atoms. The highest BCUT2D eigenvalue weighted by molar-refractivity contribution is 9.10. The maximum absolute atomic E-state index is 5.59. The summed E-state index contributed by atoms with van der Waals surface area (Å²) in [5.41, 5.74) is 1.16. The van der Waals surface area contributed by atoms with Gasteiger partial charge in [-0.15, -0.1) is 0 Å². The first-order valence-electron chi connectivity index (χ1n) is 6.15. The molecule has 0 amide bonds. The van der Waals surface area contributed by atoms with Crippen molar-refractivity contribution in [2.45, 2.75) is 20.0 Å². The lowest BCUT2D eigenvalue weighted by Gasteiger charge is -2.17. The van der Waals surface area contributed by atoms with Crippen molar-refractivity contribution >= 4 is 15.9 Å². The average molecular weight is 324 g/mol. The first kappa shape index (κ1) is 14.2. The molecule has 0 bridgehead atoms. The number of hydrogen-bond donors (Lipinski definition) is 0. The molecule has 0 fully saturated rings. The Bertz CT molecular complexity index is 551. The monoisotopic (exact) mass is 323 g/mol. The summed E-state index contributed by atoms with van der Waals surface area (Å²) in [6.07, 6.45) is 0. The van der Waals surface area contributed by atoms with Gasteiger partial charge in [-0.25, -0.2) is 0 Å². The van der Waals surface area contributed by atoms with E-state index in [-0.39, 0.29) is 0 Å². The van der Waals surface area contributed by atoms with Gasteiger partial charge in [0.2, 0.25) is 0 Å². The van der Waals surface area contributed by atoms with Gasteiger partial charge in [-0.05, 0) is 44.3 Å². The summed E-state index contributed by atoms with van der Waals surface area (Å²) < 4.78 is 12.0. The van der Waals surface area contributed by atoms with Crippen LogP contribution in [0.3, 0.4) is 0 Å². The molecule has 1 aromatic carbocycles. The molecule has 0 saturated carbocycles. The fourth-order valence-corrected chi connectivity index (χ4v) is 2.46. The van der Waals surface area contributed by atoms with E-state index in [9.17, 15) is 0 Å². The molecule has 0 aliphatic carbocycles. The second-order valence-corrected chi connectivity index (χ2v) is 5.56. The summed E-state index contributed by atoms with van der Waals surface area (Å²) in [6, 6.07) is 10.1. The van der Waals surface area contributed by atoms with E-state index < -0.39 is 0 Å². The van der Waals surface area contributed by atoms with Crippen LogP contribution in [0.1, 0.15) is 17.1 Å². The van der Waals surface area contributed by atoms with E-state index in [1.807, 2.05) is 31.2 Å². The summed E-state index contributed by atoms with van der Waals surface area (Å²) in [7, 11) is 3.76. The lowest BCUT2D eigenvalue weighted by Crippen LogP contribution is -2.17. The standard InChI is InChI=1S/C15H18BrNO2/c1-11-4-6-14(19-11)10-17(2)9-12-8-13(16)5-7-15(12)18-3/h4-8H,9-10H2,1-3H3. The normalized spacial score (nSPS) is 11.0. The highest BCUT2D eigenvalue weighted by Crippen LogP contribution is 2.24. The Morgan fingerprint density at radius 1 is 1.21 bits per heavy atom. The molecule has 4 heteroatoms. The minimum atomic E-state index is 0.781. The van der Waals surface area contributed by atoms with Crippen LogP contribution < -0.4 is 4.74 Å². The van der Waals surface area contributed by atoms with E-state index in [0.29, 0.717) is 0 Å². The van der Waals surface area contributed by atoms with Gasteiger partial charge in [0, 0.05) is 16.6 Å². The maximum atomic E-state index is 5.59. The highest BCUT2D eigenvalue weighted by atomic mass is 79.9. The molecule has 0 radical (unpaired) electrons. The number of aryl methyl sites for hydroxylation is 1. The zero-order valence-corrected chi connectivity index (χ0v) is 13.0. The molecule has 0 aliphatic rings. The van der Waals surface area contributed by atoms with Crippen LogP contribution in [0, 0.1) is 6.92 Å². The Hall–Kier alpha value is -1.26. The maximum Gasteiger partial charge on any atom is 0.123 e. The predicted octanol–water partition coefficient (Wildman–Crippen LogP) is 3.99. The Morgan fingerprint density at radius 3 is 2.63 bits per heavy atom. The van der Waals surface area contributed by atoms with Gasteiger partial charge in [-0.3, -0.25) is 4.90 Å². The first-order valence-corrected chi connectivity index (χ1v) is 6.94. The van der Waals surface area contributed by atoms with Crippen LogP contribution in [0.4, 0.5) is 0 Å². The molecule has 0 unspecified atom stereocenters. The van der Waals surface area contributed by atoms with Crippen LogP contribution in [0.15, 0.2) is 39.2 Å². The lowest BCUT2D eigenvalue weighted by molar-refractivity contribution is 0.280. The molecule has 0 aliphatic heterocycles. The van der Waals surface area contributed by atoms with Gasteiger partial charge in [0.15, 0.2) is 0 Å². The lowest BCUT2D eigenvalue weighted by atomic mass is 10.2. The van der Waals surface area contributed by atoms with E-state index in [1.165, 1.54) is 0 Å². The van der Waals surface area contributed by atoms with E-state index in [4.69, 9.17) is 9.15 Å². The molecule has 2 aromatic rings. The third kappa shape index (κ3) is 3.85. The van der Waals surface area contributed by atoms with Gasteiger partial charge in [0.25, 0.3) is 0 Å². The Balaban J connectivity index is 2.05. The summed E-state index contributed by atoms with van der Waals surface area (Å²) in [5, 5.41) is 0. The molecular weight excluding hydrogens is 306 g/mol. The topological polar surface area (TPSA) is 25.6 Å². The number of furan rings is 1. The van der Waals surface area contributed by atoms with Gasteiger partial charge in [0.1, 0.15) is 17.3 Å². The predicted molar refractivity (Wildman–Crippen MR) is 79.3 cm³/mol. The third-order valence-corrected chi connectivity index (χ3v) is 3.40. The van der Waals surface area contributed by atoms with Crippen molar-refractivity contribution in [2.24, 2.45) is 0 Å². The first-order chi connectivity index (χ1) is 9.08. The fourth-order valence-electron chi connectivity index (χ4n) is 2.05. The number of benzene rings is 1. The zero-order valence-electron chi connectivity index (χ0n) is 11.4. The Kier molecular flexibility index (Phi) is 4.66. The number of rotatable bonds is 5. The molecule has 102 valence electrons. The fraction of sp³-hybridized carbons (Fsp3) is 0.333. The van der Waals surface area contributed by atoms with E-state index in [0.717, 1.165) is 40.4 Å². The number of ether oxygens (including phenoxy) is 1. The summed E-state index contributed by atoms with van der Waals surface area (Å²) >= 11 is 3.49. The van der Waals surface area contributed by atoms with Gasteiger partial charge in [0.05, 0.1) is 13.7 Å². The van der Waals surface area contributed by atoms with E-state index in [2.05, 4.69) is 33.9 Å². The van der Waals surface area contributed by atoms with Gasteiger partial charge in [-0.2, -0.15) is 0 Å². The van der Waals surface area contributed by atoms with Crippen molar-refractivity contribution in [2.75, 3.05) is 14.2 Å². The van der Waals surface area contributed by atoms with Gasteiger partial charge in [-0.1, -0.05) is 15.9 Å². The number of hydrogen-bond acceptors (Lipinski definition) is 3. The highest BCUT2D eigenvalue weighted by Gasteiger charge is 2.09. The number of nitrogens with zero attached hydrogens (tertiary/aromatic N) is 1. The summed E-state index contributed by atoms with van der Waals surface area (Å²) in [4.78, 5) is 2.20. The van der Waals surface area contributed by atoms with Gasteiger partial charge >= 0.3 is 0 Å². The second kappa shape index (κ2) is 6.26. The quantitative estimate of drug-likeness (QED) is 0.832. The molecule has 2 rings (SSSR count). The van der Waals surface area contributed by atoms with Crippen molar-refractivity contribution in [3.8, 4) is 5.75 Å². The van der Waals surface area contributed by atoms with Crippen molar-refractivity contribution in [1.82, 2.24) is 4.90 Å². The molecule has 1 heterocycles. The van der Waals surface area contributed by atoms with Crippen molar-refractivity contribution < 1.29 is 9.15 Å². The summed E-state index contributed by atoms with van der Waals surface area (Å²) in [5.74, 6) is 2.84. The SMILES string of the molecule is COc1ccc(Br)cc1CN(C)Cc1ccc(C)o1. The van der Waals surface area contributed by atoms with Crippen molar-refractivity contribution in [3.05, 3.63) is 51.9 Å². The van der Waals surface area contributed by atoms with Crippen LogP contribution >= 0.6 is 15.9 Å². The number of halogens is 1. The Labute approximate surface area is 122 Å². The van der Waals surface area contributed by atoms with Crippen LogP contribution in [0.5, 0.6) is 5.75 Å². The van der Waals surface area contributed by atoms with Crippen LogP contribution in [-0.4, -0.2) is 19.1 Å². The average Bonchev–Trinajstić information content (AvgIpc) is 2.75. The van der Waals surface area contributed by atoms with Crippen molar-refractivity contribution in [1.29, 1.82) is 0 Å².